The molecule has 0 aromatic rings. The van der Waals surface area contributed by atoms with E-state index in [0.29, 0.717) is 37.0 Å². The van der Waals surface area contributed by atoms with Crippen LogP contribution in [0.1, 0.15) is 38.5 Å². The lowest BCUT2D eigenvalue weighted by atomic mass is 9.48. The Labute approximate surface area is 106 Å². The van der Waals surface area contributed by atoms with Crippen LogP contribution >= 0.6 is 0 Å². The van der Waals surface area contributed by atoms with Crippen molar-refractivity contribution in [3.63, 3.8) is 0 Å². The van der Waals surface area contributed by atoms with Crippen molar-refractivity contribution in [2.75, 3.05) is 0 Å². The van der Waals surface area contributed by atoms with Crippen molar-refractivity contribution in [1.29, 1.82) is 0 Å². The molecule has 0 radical (unpaired) electrons. The normalized spacial score (nSPS) is 43.9. The average molecular weight is 274 g/mol. The standard InChI is InChI=1S/C12H18O5S/c13-11(14)10(18(15,16)17)12-4-7-1-8(5-12)3-9(2-7)6-12/h7-10H,1-6H2,(H,13,14)(H,15,16,17). The molecule has 4 rings (SSSR count). The van der Waals surface area contributed by atoms with E-state index in [1.165, 1.54) is 0 Å². The number of hydrogen-bond donors (Lipinski definition) is 2. The molecule has 0 aromatic carbocycles. The van der Waals surface area contributed by atoms with Gasteiger partial charge in [0.05, 0.1) is 0 Å². The van der Waals surface area contributed by atoms with E-state index in [-0.39, 0.29) is 0 Å². The summed E-state index contributed by atoms with van der Waals surface area (Å²) in [6.07, 6.45) is 5.27. The molecule has 4 bridgehead atoms. The first kappa shape index (κ1) is 12.4. The van der Waals surface area contributed by atoms with Crippen molar-refractivity contribution in [2.45, 2.75) is 43.8 Å². The molecule has 0 aromatic heterocycles. The molecule has 6 heteroatoms. The summed E-state index contributed by atoms with van der Waals surface area (Å²) in [5.74, 6) is -0.0148. The van der Waals surface area contributed by atoms with Crippen LogP contribution < -0.4 is 0 Å². The number of rotatable bonds is 3. The minimum absolute atomic E-state index is 0.458. The Morgan fingerprint density at radius 3 is 1.72 bits per heavy atom. The molecule has 0 amide bonds. The topological polar surface area (TPSA) is 91.7 Å². The highest BCUT2D eigenvalue weighted by Crippen LogP contribution is 2.62. The minimum Gasteiger partial charge on any atom is -0.480 e. The predicted molar refractivity (Wildman–Crippen MR) is 63.6 cm³/mol. The first-order valence-electron chi connectivity index (χ1n) is 6.49. The van der Waals surface area contributed by atoms with Crippen molar-refractivity contribution in [1.82, 2.24) is 0 Å². The molecule has 4 aliphatic rings. The Kier molecular flexibility index (Phi) is 2.55. The smallest absolute Gasteiger partial charge is 0.324 e. The zero-order valence-electron chi connectivity index (χ0n) is 10.1. The first-order valence-corrected chi connectivity index (χ1v) is 7.99. The van der Waals surface area contributed by atoms with E-state index in [9.17, 15) is 22.9 Å². The summed E-state index contributed by atoms with van der Waals surface area (Å²) in [5, 5.41) is 7.60. The highest BCUT2D eigenvalue weighted by atomic mass is 32.2. The van der Waals surface area contributed by atoms with Crippen LogP contribution in [0.15, 0.2) is 0 Å². The third-order valence-corrected chi connectivity index (χ3v) is 6.46. The Morgan fingerprint density at radius 2 is 1.44 bits per heavy atom. The number of hydrogen-bond acceptors (Lipinski definition) is 3. The SMILES string of the molecule is O=C(O)C(C12CC3CC(CC(C3)C1)C2)S(=O)(=O)O. The summed E-state index contributed by atoms with van der Waals surface area (Å²) >= 11 is 0. The van der Waals surface area contributed by atoms with Crippen LogP contribution in [-0.4, -0.2) is 29.3 Å². The molecule has 2 N–H and O–H groups in total. The molecular weight excluding hydrogens is 256 g/mol. The van der Waals surface area contributed by atoms with Gasteiger partial charge in [0.25, 0.3) is 10.1 Å². The van der Waals surface area contributed by atoms with Gasteiger partial charge in [0.15, 0.2) is 5.25 Å². The summed E-state index contributed by atoms with van der Waals surface area (Å²) in [6.45, 7) is 0. The molecule has 0 aliphatic heterocycles. The molecule has 4 aliphatic carbocycles. The lowest BCUT2D eigenvalue weighted by molar-refractivity contribution is -0.144. The summed E-state index contributed by atoms with van der Waals surface area (Å²) in [5.41, 5.74) is -0.714. The Bertz CT molecular complexity index is 445. The quantitative estimate of drug-likeness (QED) is 0.762. The molecule has 5 nitrogen and oxygen atoms in total. The lowest BCUT2D eigenvalue weighted by Crippen LogP contribution is -2.56. The van der Waals surface area contributed by atoms with Crippen molar-refractivity contribution < 1.29 is 22.9 Å². The van der Waals surface area contributed by atoms with Crippen LogP contribution in [0.2, 0.25) is 0 Å². The van der Waals surface area contributed by atoms with Crippen LogP contribution in [-0.2, 0) is 14.9 Å². The third kappa shape index (κ3) is 1.77. The number of carbonyl (C=O) groups is 1. The van der Waals surface area contributed by atoms with Gasteiger partial charge in [0, 0.05) is 5.41 Å². The molecule has 4 fully saturated rings. The maximum Gasteiger partial charge on any atom is 0.324 e. The first-order chi connectivity index (χ1) is 8.30. The molecule has 0 saturated heterocycles. The predicted octanol–water partition coefficient (Wildman–Crippen LogP) is 1.54. The van der Waals surface area contributed by atoms with Gasteiger partial charge in [-0.1, -0.05) is 0 Å². The second kappa shape index (κ2) is 3.70. The van der Waals surface area contributed by atoms with Gasteiger partial charge in [-0.25, -0.2) is 0 Å². The van der Waals surface area contributed by atoms with Gasteiger partial charge in [-0.2, -0.15) is 8.42 Å². The van der Waals surface area contributed by atoms with Gasteiger partial charge in [-0.05, 0) is 56.3 Å². The van der Waals surface area contributed by atoms with E-state index in [1.807, 2.05) is 0 Å². The van der Waals surface area contributed by atoms with Gasteiger partial charge in [0.1, 0.15) is 0 Å². The van der Waals surface area contributed by atoms with Gasteiger partial charge in [0.2, 0.25) is 0 Å². The molecule has 1 unspecified atom stereocenters. The second-order valence-corrected chi connectivity index (χ2v) is 8.01. The lowest BCUT2D eigenvalue weighted by Gasteiger charge is -2.57. The number of carboxylic acids is 1. The maximum absolute atomic E-state index is 11.5. The van der Waals surface area contributed by atoms with Gasteiger partial charge in [-0.15, -0.1) is 0 Å². The fraction of sp³-hybridized carbons (Fsp3) is 0.917. The fourth-order valence-corrected chi connectivity index (χ4v) is 6.38. The molecule has 0 heterocycles. The summed E-state index contributed by atoms with van der Waals surface area (Å²) in [7, 11) is -4.53. The second-order valence-electron chi connectivity index (χ2n) is 6.51. The van der Waals surface area contributed by atoms with Crippen molar-refractivity contribution in [3.8, 4) is 0 Å². The van der Waals surface area contributed by atoms with E-state index in [4.69, 9.17) is 0 Å². The van der Waals surface area contributed by atoms with Gasteiger partial charge >= 0.3 is 5.97 Å². The Morgan fingerprint density at radius 1 is 1.06 bits per heavy atom. The van der Waals surface area contributed by atoms with Crippen molar-refractivity contribution in [3.05, 3.63) is 0 Å². The van der Waals surface area contributed by atoms with E-state index in [0.717, 1.165) is 19.3 Å². The van der Waals surface area contributed by atoms with E-state index in [1.54, 1.807) is 0 Å². The van der Waals surface area contributed by atoms with E-state index >= 15 is 0 Å². The molecule has 4 saturated carbocycles. The maximum atomic E-state index is 11.5. The summed E-state index contributed by atoms with van der Waals surface area (Å²) < 4.78 is 32.2. The Hall–Kier alpha value is -0.620. The van der Waals surface area contributed by atoms with Crippen LogP contribution in [0.5, 0.6) is 0 Å². The van der Waals surface area contributed by atoms with E-state index < -0.39 is 26.8 Å². The summed E-state index contributed by atoms with van der Waals surface area (Å²) in [6, 6.07) is 0. The van der Waals surface area contributed by atoms with Crippen molar-refractivity contribution in [2.24, 2.45) is 23.2 Å². The summed E-state index contributed by atoms with van der Waals surface area (Å²) in [4.78, 5) is 11.3. The van der Waals surface area contributed by atoms with E-state index in [2.05, 4.69) is 0 Å². The highest BCUT2D eigenvalue weighted by molar-refractivity contribution is 7.87. The van der Waals surface area contributed by atoms with Gasteiger partial charge < -0.3 is 5.11 Å². The number of carboxylic acid groups (broad SMARTS) is 1. The average Bonchev–Trinajstić information content (AvgIpc) is 2.09. The van der Waals surface area contributed by atoms with Gasteiger partial charge in [-0.3, -0.25) is 9.35 Å². The van der Waals surface area contributed by atoms with Crippen LogP contribution in [0.3, 0.4) is 0 Å². The molecule has 102 valence electrons. The third-order valence-electron chi connectivity index (χ3n) is 5.16. The van der Waals surface area contributed by atoms with Crippen LogP contribution in [0, 0.1) is 23.2 Å². The minimum atomic E-state index is -4.53. The molecule has 1 atom stereocenters. The molecule has 0 spiro atoms. The zero-order chi connectivity index (χ0) is 13.1. The Balaban J connectivity index is 2.01. The number of aliphatic carboxylic acids is 1. The highest BCUT2D eigenvalue weighted by Gasteiger charge is 2.59. The van der Waals surface area contributed by atoms with Crippen LogP contribution in [0.25, 0.3) is 0 Å². The largest absolute Gasteiger partial charge is 0.480 e. The zero-order valence-corrected chi connectivity index (χ0v) is 10.9. The monoisotopic (exact) mass is 274 g/mol. The molecular formula is C12H18O5S. The fourth-order valence-electron chi connectivity index (χ4n) is 5.20. The van der Waals surface area contributed by atoms with Crippen LogP contribution in [0.4, 0.5) is 0 Å². The van der Waals surface area contributed by atoms with Crippen molar-refractivity contribution >= 4 is 16.1 Å². The molecule has 18 heavy (non-hydrogen) atoms.